The summed E-state index contributed by atoms with van der Waals surface area (Å²) in [6, 6.07) is 7.64. The van der Waals surface area contributed by atoms with Crippen LogP contribution in [-0.4, -0.2) is 30.5 Å². The number of hydrogen-bond acceptors (Lipinski definition) is 4. The first-order valence-electron chi connectivity index (χ1n) is 8.39. The summed E-state index contributed by atoms with van der Waals surface area (Å²) < 4.78 is 0. The largest absolute Gasteiger partial charge is 0.356 e. The zero-order valence-corrected chi connectivity index (χ0v) is 17.6. The van der Waals surface area contributed by atoms with Gasteiger partial charge in [0.25, 0.3) is 0 Å². The number of hydrogen-bond donors (Lipinski definition) is 2. The van der Waals surface area contributed by atoms with Crippen molar-refractivity contribution >= 4 is 53.7 Å². The van der Waals surface area contributed by atoms with E-state index in [0.29, 0.717) is 17.4 Å². The van der Waals surface area contributed by atoms with Crippen LogP contribution in [0.25, 0.3) is 10.6 Å². The molecule has 1 saturated heterocycles. The fraction of sp³-hybridized carbons (Fsp3) is 0.444. The van der Waals surface area contributed by atoms with Crippen LogP contribution < -0.4 is 10.6 Å². The number of nitrogens with zero attached hydrogens (tertiary/aromatic N) is 1. The van der Waals surface area contributed by atoms with Gasteiger partial charge in [-0.1, -0.05) is 29.8 Å². The first-order chi connectivity index (χ1) is 11.7. The van der Waals surface area contributed by atoms with Crippen LogP contribution in [0.15, 0.2) is 29.6 Å². The topological polar surface area (TPSA) is 54.0 Å². The van der Waals surface area contributed by atoms with Crippen LogP contribution in [0, 0.1) is 5.92 Å². The molecule has 1 fully saturated rings. The molecule has 0 aliphatic carbocycles. The minimum atomic E-state index is 0. The van der Waals surface area contributed by atoms with Gasteiger partial charge in [0.15, 0.2) is 0 Å². The number of halogens is 3. The Balaban J connectivity index is 0.00000169. The number of aromatic nitrogens is 1. The Bertz CT molecular complexity index is 690. The highest BCUT2D eigenvalue weighted by Gasteiger charge is 2.14. The number of rotatable bonds is 6. The summed E-state index contributed by atoms with van der Waals surface area (Å²) in [5.41, 5.74) is 1.72. The van der Waals surface area contributed by atoms with E-state index in [2.05, 4.69) is 15.6 Å². The maximum atomic E-state index is 12.1. The number of carbonyl (C=O) groups excluding carboxylic acids is 1. The third kappa shape index (κ3) is 6.71. The molecule has 1 unspecified atom stereocenters. The second-order valence-corrected chi connectivity index (χ2v) is 7.42. The van der Waals surface area contributed by atoms with Crippen molar-refractivity contribution in [2.24, 2.45) is 5.92 Å². The number of carbonyl (C=O) groups is 1. The molecule has 0 spiro atoms. The van der Waals surface area contributed by atoms with Gasteiger partial charge in [0, 0.05) is 17.5 Å². The fourth-order valence-electron chi connectivity index (χ4n) is 2.96. The molecule has 26 heavy (non-hydrogen) atoms. The predicted octanol–water partition coefficient (Wildman–Crippen LogP) is 4.36. The van der Waals surface area contributed by atoms with Gasteiger partial charge in [-0.3, -0.25) is 4.79 Å². The van der Waals surface area contributed by atoms with E-state index in [1.54, 1.807) is 0 Å². The van der Waals surface area contributed by atoms with Crippen molar-refractivity contribution in [3.8, 4) is 10.6 Å². The third-order valence-electron chi connectivity index (χ3n) is 4.27. The summed E-state index contributed by atoms with van der Waals surface area (Å²) in [5.74, 6) is 0.722. The molecule has 1 aromatic carbocycles. The van der Waals surface area contributed by atoms with E-state index < -0.39 is 0 Å². The lowest BCUT2D eigenvalue weighted by Gasteiger charge is -2.22. The molecule has 0 radical (unpaired) electrons. The first kappa shape index (κ1) is 23.2. The van der Waals surface area contributed by atoms with Gasteiger partial charge >= 0.3 is 0 Å². The SMILES string of the molecule is Cl.Cl.O=C(Cc1csc(-c2ccccc2Cl)n1)NCCC1CCCNC1. The second kappa shape index (κ2) is 11.8. The first-order valence-corrected chi connectivity index (χ1v) is 9.65. The summed E-state index contributed by atoms with van der Waals surface area (Å²) in [7, 11) is 0. The molecule has 1 atom stereocenters. The Labute approximate surface area is 175 Å². The molecule has 1 amide bonds. The normalized spacial score (nSPS) is 16.3. The van der Waals surface area contributed by atoms with Crippen molar-refractivity contribution in [3.05, 3.63) is 40.4 Å². The van der Waals surface area contributed by atoms with Gasteiger partial charge in [-0.25, -0.2) is 4.98 Å². The number of benzene rings is 1. The molecular weight excluding hydrogens is 413 g/mol. The number of thiazole rings is 1. The van der Waals surface area contributed by atoms with E-state index >= 15 is 0 Å². The fourth-order valence-corrected chi connectivity index (χ4v) is 4.10. The Kier molecular flexibility index (Phi) is 10.5. The van der Waals surface area contributed by atoms with Gasteiger partial charge in [-0.05, 0) is 44.3 Å². The van der Waals surface area contributed by atoms with Crippen molar-refractivity contribution in [2.45, 2.75) is 25.7 Å². The number of piperidine rings is 1. The molecule has 4 nitrogen and oxygen atoms in total. The molecule has 2 aromatic rings. The van der Waals surface area contributed by atoms with Crippen molar-refractivity contribution in [3.63, 3.8) is 0 Å². The lowest BCUT2D eigenvalue weighted by atomic mass is 9.96. The van der Waals surface area contributed by atoms with Crippen LogP contribution in [-0.2, 0) is 11.2 Å². The number of amides is 1. The smallest absolute Gasteiger partial charge is 0.226 e. The van der Waals surface area contributed by atoms with Crippen LogP contribution in [0.2, 0.25) is 5.02 Å². The number of nitrogens with one attached hydrogen (secondary N) is 2. The highest BCUT2D eigenvalue weighted by molar-refractivity contribution is 7.13. The average Bonchev–Trinajstić information content (AvgIpc) is 3.04. The van der Waals surface area contributed by atoms with Crippen molar-refractivity contribution in [2.75, 3.05) is 19.6 Å². The van der Waals surface area contributed by atoms with E-state index in [0.717, 1.165) is 42.3 Å². The summed E-state index contributed by atoms with van der Waals surface area (Å²) in [6.45, 7) is 2.94. The standard InChI is InChI=1S/C18H22ClN3OS.2ClH/c19-16-6-2-1-5-15(16)18-22-14(12-24-18)10-17(23)21-9-7-13-4-3-8-20-11-13;;/h1-2,5-6,12-13,20H,3-4,7-11H2,(H,21,23);2*1H. The summed E-state index contributed by atoms with van der Waals surface area (Å²) >= 11 is 7.72. The van der Waals surface area contributed by atoms with Gasteiger partial charge in [-0.2, -0.15) is 0 Å². The minimum Gasteiger partial charge on any atom is -0.356 e. The van der Waals surface area contributed by atoms with Gasteiger partial charge in [0.05, 0.1) is 17.1 Å². The zero-order chi connectivity index (χ0) is 16.8. The van der Waals surface area contributed by atoms with Crippen molar-refractivity contribution in [1.82, 2.24) is 15.6 Å². The van der Waals surface area contributed by atoms with Gasteiger partial charge in [0.1, 0.15) is 5.01 Å². The molecule has 3 rings (SSSR count). The van der Waals surface area contributed by atoms with Crippen molar-refractivity contribution < 1.29 is 4.79 Å². The second-order valence-electron chi connectivity index (χ2n) is 6.15. The molecule has 2 N–H and O–H groups in total. The maximum absolute atomic E-state index is 12.1. The quantitative estimate of drug-likeness (QED) is 0.707. The molecule has 1 aliphatic heterocycles. The van der Waals surface area contributed by atoms with Gasteiger partial charge in [0.2, 0.25) is 5.91 Å². The molecule has 8 heteroatoms. The van der Waals surface area contributed by atoms with Crippen LogP contribution in [0.3, 0.4) is 0 Å². The van der Waals surface area contributed by atoms with Crippen LogP contribution >= 0.6 is 47.8 Å². The van der Waals surface area contributed by atoms with Gasteiger partial charge < -0.3 is 10.6 Å². The van der Waals surface area contributed by atoms with Crippen LogP contribution in [0.1, 0.15) is 25.0 Å². The molecule has 144 valence electrons. The van der Waals surface area contributed by atoms with E-state index in [1.807, 2.05) is 29.6 Å². The summed E-state index contributed by atoms with van der Waals surface area (Å²) in [4.78, 5) is 16.6. The molecule has 2 heterocycles. The minimum absolute atomic E-state index is 0. The van der Waals surface area contributed by atoms with E-state index in [9.17, 15) is 4.79 Å². The van der Waals surface area contributed by atoms with Crippen molar-refractivity contribution in [1.29, 1.82) is 0 Å². The lowest BCUT2D eigenvalue weighted by Crippen LogP contribution is -2.33. The molecular formula is C18H24Cl3N3OS. The summed E-state index contributed by atoms with van der Waals surface area (Å²) in [6.07, 6.45) is 3.86. The van der Waals surface area contributed by atoms with E-state index in [-0.39, 0.29) is 30.7 Å². The highest BCUT2D eigenvalue weighted by atomic mass is 35.5. The molecule has 0 bridgehead atoms. The Hall–Kier alpha value is -0.850. The third-order valence-corrected chi connectivity index (χ3v) is 5.53. The monoisotopic (exact) mass is 435 g/mol. The van der Waals surface area contributed by atoms with E-state index in [4.69, 9.17) is 11.6 Å². The molecule has 0 saturated carbocycles. The van der Waals surface area contributed by atoms with Crippen LogP contribution in [0.4, 0.5) is 0 Å². The maximum Gasteiger partial charge on any atom is 0.226 e. The Morgan fingerprint density at radius 3 is 2.88 bits per heavy atom. The molecule has 1 aromatic heterocycles. The summed E-state index contributed by atoms with van der Waals surface area (Å²) in [5, 5.41) is 9.89. The Morgan fingerprint density at radius 2 is 2.15 bits per heavy atom. The van der Waals surface area contributed by atoms with Crippen LogP contribution in [0.5, 0.6) is 0 Å². The van der Waals surface area contributed by atoms with Gasteiger partial charge in [-0.15, -0.1) is 36.2 Å². The lowest BCUT2D eigenvalue weighted by molar-refractivity contribution is -0.120. The highest BCUT2D eigenvalue weighted by Crippen LogP contribution is 2.30. The zero-order valence-electron chi connectivity index (χ0n) is 14.4. The molecule has 1 aliphatic rings. The van der Waals surface area contributed by atoms with E-state index in [1.165, 1.54) is 24.2 Å². The Morgan fingerprint density at radius 1 is 1.35 bits per heavy atom. The average molecular weight is 437 g/mol. The predicted molar refractivity (Wildman–Crippen MR) is 114 cm³/mol.